The van der Waals surface area contributed by atoms with E-state index in [1.54, 1.807) is 0 Å². The Kier molecular flexibility index (Phi) is 19.1. The molecule has 0 fully saturated rings. The summed E-state index contributed by atoms with van der Waals surface area (Å²) in [5, 5.41) is 3.51. The van der Waals surface area contributed by atoms with Crippen LogP contribution in [0.2, 0.25) is 0 Å². The molecular weight excluding hydrogens is 588 g/mol. The molecule has 0 heterocycles. The van der Waals surface area contributed by atoms with Crippen LogP contribution < -0.4 is 14.8 Å². The highest BCUT2D eigenvalue weighted by atomic mass is 16.5. The first-order chi connectivity index (χ1) is 23.0. The molecule has 0 aromatic heterocycles. The highest BCUT2D eigenvalue weighted by molar-refractivity contribution is 5.46. The number of unbranched alkanes of at least 4 members (excludes halogenated alkanes) is 4. The zero-order valence-electron chi connectivity index (χ0n) is 32.0. The largest absolute Gasteiger partial charge is 0.494 e. The van der Waals surface area contributed by atoms with Crippen molar-refractivity contribution in [2.75, 3.05) is 19.7 Å². The Morgan fingerprint density at radius 3 is 2.00 bits per heavy atom. The highest BCUT2D eigenvalue weighted by Crippen LogP contribution is 2.38. The second-order valence-corrected chi connectivity index (χ2v) is 14.5. The molecule has 0 aliphatic rings. The Morgan fingerprint density at radius 1 is 0.771 bits per heavy atom. The number of benzene rings is 3. The molecule has 0 aliphatic heterocycles. The number of nitrogens with zero attached hydrogens (tertiary/aromatic N) is 1. The molecule has 3 aromatic carbocycles. The second kappa shape index (κ2) is 22.4. The van der Waals surface area contributed by atoms with Crippen molar-refractivity contribution in [1.29, 1.82) is 0 Å². The standard InChI is InChI=1S/C42H62N2O2.C2H6/c1-33(2)44(34(3)4)28-26-39(37-22-16-13-17-23-37)40-30-38(24-25-41(40)46-32-36-20-14-12-15-21-36)45-29-19-11-9-10-18-27-43-35(5)31-42(6,7)8;1-2/h12-17,20-25,30,33-34,39,43H,5,9-11,18-19,26-29,31-32H2,1-4,6-8H3;1-2H3/t39-;/m1./s1. The van der Waals surface area contributed by atoms with Crippen LogP contribution in [0.5, 0.6) is 11.5 Å². The normalized spacial score (nSPS) is 12.1. The Labute approximate surface area is 295 Å². The number of rotatable bonds is 21. The van der Waals surface area contributed by atoms with Gasteiger partial charge in [-0.25, -0.2) is 0 Å². The Hall–Kier alpha value is -3.24. The van der Waals surface area contributed by atoms with Crippen molar-refractivity contribution < 1.29 is 9.47 Å². The second-order valence-electron chi connectivity index (χ2n) is 14.5. The maximum absolute atomic E-state index is 6.53. The molecule has 4 nitrogen and oxygen atoms in total. The number of hydrogen-bond donors (Lipinski definition) is 1. The van der Waals surface area contributed by atoms with E-state index in [1.807, 2.05) is 19.9 Å². The van der Waals surface area contributed by atoms with Gasteiger partial charge in [0.05, 0.1) is 6.61 Å². The molecule has 0 bridgehead atoms. The first kappa shape index (κ1) is 40.9. The van der Waals surface area contributed by atoms with Gasteiger partial charge in [0.15, 0.2) is 0 Å². The van der Waals surface area contributed by atoms with Crippen molar-refractivity contribution in [3.05, 3.63) is 108 Å². The van der Waals surface area contributed by atoms with Crippen molar-refractivity contribution >= 4 is 0 Å². The lowest BCUT2D eigenvalue weighted by molar-refractivity contribution is 0.170. The number of ether oxygens (including phenoxy) is 2. The van der Waals surface area contributed by atoms with Gasteiger partial charge in [-0.05, 0) is 94.7 Å². The van der Waals surface area contributed by atoms with Crippen LogP contribution in [0.15, 0.2) is 91.1 Å². The van der Waals surface area contributed by atoms with E-state index < -0.39 is 0 Å². The Balaban J connectivity index is 0.00000392. The molecule has 0 unspecified atom stereocenters. The van der Waals surface area contributed by atoms with Gasteiger partial charge in [-0.1, -0.05) is 121 Å². The summed E-state index contributed by atoms with van der Waals surface area (Å²) in [6.45, 7) is 27.4. The van der Waals surface area contributed by atoms with Gasteiger partial charge in [-0.15, -0.1) is 0 Å². The van der Waals surface area contributed by atoms with Crippen LogP contribution in [0.3, 0.4) is 0 Å². The van der Waals surface area contributed by atoms with E-state index in [9.17, 15) is 0 Å². The molecule has 266 valence electrons. The molecule has 1 N–H and O–H groups in total. The Bertz CT molecular complexity index is 1260. The third-order valence-electron chi connectivity index (χ3n) is 8.51. The molecule has 0 spiro atoms. The predicted molar refractivity (Wildman–Crippen MR) is 208 cm³/mol. The maximum Gasteiger partial charge on any atom is 0.123 e. The summed E-state index contributed by atoms with van der Waals surface area (Å²) in [4.78, 5) is 2.58. The molecule has 4 heteroatoms. The van der Waals surface area contributed by atoms with Gasteiger partial charge in [0, 0.05) is 35.8 Å². The van der Waals surface area contributed by atoms with Crippen LogP contribution in [0.1, 0.15) is 130 Å². The van der Waals surface area contributed by atoms with E-state index in [0.29, 0.717) is 18.7 Å². The number of allylic oxidation sites excluding steroid dienone is 1. The molecule has 0 amide bonds. The van der Waals surface area contributed by atoms with E-state index in [-0.39, 0.29) is 11.3 Å². The molecule has 0 radical (unpaired) electrons. The van der Waals surface area contributed by atoms with Gasteiger partial charge >= 0.3 is 0 Å². The minimum absolute atomic E-state index is 0.198. The summed E-state index contributed by atoms with van der Waals surface area (Å²) in [6.07, 6.45) is 7.91. The molecule has 48 heavy (non-hydrogen) atoms. The molecule has 3 aromatic rings. The van der Waals surface area contributed by atoms with Crippen LogP contribution in [0, 0.1) is 5.41 Å². The summed E-state index contributed by atoms with van der Waals surface area (Å²) in [6, 6.07) is 28.7. The molecule has 0 saturated heterocycles. The van der Waals surface area contributed by atoms with E-state index in [2.05, 4.69) is 138 Å². The lowest BCUT2D eigenvalue weighted by Gasteiger charge is -2.32. The van der Waals surface area contributed by atoms with Gasteiger partial charge in [-0.3, -0.25) is 4.90 Å². The third-order valence-corrected chi connectivity index (χ3v) is 8.51. The van der Waals surface area contributed by atoms with E-state index in [4.69, 9.17) is 9.47 Å². The van der Waals surface area contributed by atoms with E-state index >= 15 is 0 Å². The molecular formula is C44H68N2O2. The molecule has 0 aliphatic carbocycles. The van der Waals surface area contributed by atoms with Crippen molar-refractivity contribution in [3.8, 4) is 11.5 Å². The van der Waals surface area contributed by atoms with E-state index in [0.717, 1.165) is 56.2 Å². The zero-order chi connectivity index (χ0) is 35.4. The van der Waals surface area contributed by atoms with Crippen molar-refractivity contribution in [2.24, 2.45) is 5.41 Å². The van der Waals surface area contributed by atoms with Gasteiger partial charge in [0.25, 0.3) is 0 Å². The van der Waals surface area contributed by atoms with Crippen LogP contribution in [-0.4, -0.2) is 36.7 Å². The minimum Gasteiger partial charge on any atom is -0.494 e. The van der Waals surface area contributed by atoms with E-state index in [1.165, 1.54) is 42.4 Å². The average molecular weight is 657 g/mol. The maximum atomic E-state index is 6.53. The summed E-state index contributed by atoms with van der Waals surface area (Å²) < 4.78 is 12.9. The smallest absolute Gasteiger partial charge is 0.123 e. The first-order valence-electron chi connectivity index (χ1n) is 18.7. The quantitative estimate of drug-likeness (QED) is 0.116. The summed E-state index contributed by atoms with van der Waals surface area (Å²) >= 11 is 0. The summed E-state index contributed by atoms with van der Waals surface area (Å²) in [5.74, 6) is 2.06. The van der Waals surface area contributed by atoms with Gasteiger partial charge in [0.1, 0.15) is 18.1 Å². The number of nitrogens with one attached hydrogen (secondary N) is 1. The Morgan fingerprint density at radius 2 is 1.38 bits per heavy atom. The zero-order valence-corrected chi connectivity index (χ0v) is 32.0. The molecule has 0 saturated carbocycles. The summed E-state index contributed by atoms with van der Waals surface area (Å²) in [7, 11) is 0. The van der Waals surface area contributed by atoms with Crippen LogP contribution >= 0.6 is 0 Å². The lowest BCUT2D eigenvalue weighted by Crippen LogP contribution is -2.38. The molecule has 1 atom stereocenters. The van der Waals surface area contributed by atoms with Crippen LogP contribution in [0.25, 0.3) is 0 Å². The van der Waals surface area contributed by atoms with Crippen molar-refractivity contribution in [3.63, 3.8) is 0 Å². The highest BCUT2D eigenvalue weighted by Gasteiger charge is 2.23. The third kappa shape index (κ3) is 15.8. The van der Waals surface area contributed by atoms with Gasteiger partial charge in [-0.2, -0.15) is 0 Å². The first-order valence-corrected chi connectivity index (χ1v) is 18.7. The molecule has 3 rings (SSSR count). The van der Waals surface area contributed by atoms with Gasteiger partial charge in [0.2, 0.25) is 0 Å². The summed E-state index contributed by atoms with van der Waals surface area (Å²) in [5.41, 5.74) is 5.12. The average Bonchev–Trinajstić information content (AvgIpc) is 3.06. The van der Waals surface area contributed by atoms with Crippen molar-refractivity contribution in [2.45, 2.75) is 132 Å². The topological polar surface area (TPSA) is 33.7 Å². The minimum atomic E-state index is 0.198. The van der Waals surface area contributed by atoms with Gasteiger partial charge < -0.3 is 14.8 Å². The monoisotopic (exact) mass is 657 g/mol. The number of hydrogen-bond acceptors (Lipinski definition) is 4. The fourth-order valence-corrected chi connectivity index (χ4v) is 6.25. The van der Waals surface area contributed by atoms with Crippen molar-refractivity contribution in [1.82, 2.24) is 10.2 Å². The fourth-order valence-electron chi connectivity index (χ4n) is 6.25. The fraction of sp³-hybridized carbons (Fsp3) is 0.545. The van der Waals surface area contributed by atoms with Crippen LogP contribution in [0.4, 0.5) is 0 Å². The SMILES string of the molecule is C=C(CC(C)(C)C)NCCCCCCCOc1ccc(OCc2ccccc2)c([C@H](CCN(C(C)C)C(C)C)c2ccccc2)c1.CC. The lowest BCUT2D eigenvalue weighted by atomic mass is 9.87. The predicted octanol–water partition coefficient (Wildman–Crippen LogP) is 11.8. The van der Waals surface area contributed by atoms with Crippen LogP contribution in [-0.2, 0) is 6.61 Å².